The number of carbonyl (C=O) groups is 3. The zero-order chi connectivity index (χ0) is 23.4. The van der Waals surface area contributed by atoms with Gasteiger partial charge >= 0.3 is 0 Å². The van der Waals surface area contributed by atoms with Gasteiger partial charge in [-0.05, 0) is 41.3 Å². The Morgan fingerprint density at radius 2 is 1.15 bits per heavy atom. The largest absolute Gasteiger partial charge is 0.338 e. The number of hydrogen-bond donors (Lipinski definition) is 0. The van der Waals surface area contributed by atoms with E-state index < -0.39 is 6.04 Å². The second-order valence-electron chi connectivity index (χ2n) is 9.14. The van der Waals surface area contributed by atoms with Crippen LogP contribution in [0, 0.1) is 0 Å². The lowest BCUT2D eigenvalue weighted by Gasteiger charge is -2.40. The van der Waals surface area contributed by atoms with Gasteiger partial charge in [0.15, 0.2) is 0 Å². The Bertz CT molecular complexity index is 1250. The molecule has 1 fully saturated rings. The van der Waals surface area contributed by atoms with Crippen molar-refractivity contribution in [3.8, 4) is 11.1 Å². The summed E-state index contributed by atoms with van der Waals surface area (Å²) in [5.74, 6) is -0.958. The van der Waals surface area contributed by atoms with Crippen molar-refractivity contribution >= 4 is 17.7 Å². The molecule has 170 valence electrons. The summed E-state index contributed by atoms with van der Waals surface area (Å²) in [6.45, 7) is 4.24. The quantitative estimate of drug-likeness (QED) is 0.571. The highest BCUT2D eigenvalue weighted by Crippen LogP contribution is 2.46. The third kappa shape index (κ3) is 3.02. The summed E-state index contributed by atoms with van der Waals surface area (Å²) >= 11 is 0. The van der Waals surface area contributed by atoms with Crippen LogP contribution >= 0.6 is 0 Å². The van der Waals surface area contributed by atoms with Gasteiger partial charge in [0.25, 0.3) is 11.8 Å². The summed E-state index contributed by atoms with van der Waals surface area (Å²) in [6.07, 6.45) is 0. The molecule has 1 atom stereocenters. The average Bonchev–Trinajstić information content (AvgIpc) is 3.35. The molecule has 6 rings (SSSR count). The third-order valence-electron chi connectivity index (χ3n) is 7.36. The fourth-order valence-corrected chi connectivity index (χ4v) is 5.66. The standard InChI is InChI=1S/C28H25N3O3/c1-18(31-27(33)23-12-6-7-13-24(23)28(31)34)26(32)30-16-14-29(15-17-30)25-21-10-4-2-8-19(21)20-9-3-5-11-22(20)25/h2-13,18,25H,14-17H2,1H3/t18-/m1/s1. The zero-order valence-corrected chi connectivity index (χ0v) is 19.0. The summed E-state index contributed by atoms with van der Waals surface area (Å²) in [6, 6.07) is 23.2. The van der Waals surface area contributed by atoms with Crippen molar-refractivity contribution in [2.24, 2.45) is 0 Å². The van der Waals surface area contributed by atoms with Crippen LogP contribution in [0.2, 0.25) is 0 Å². The first-order valence-corrected chi connectivity index (χ1v) is 11.7. The minimum Gasteiger partial charge on any atom is -0.338 e. The van der Waals surface area contributed by atoms with Gasteiger partial charge in [0, 0.05) is 26.2 Å². The number of amides is 3. The van der Waals surface area contributed by atoms with Crippen LogP contribution < -0.4 is 0 Å². The van der Waals surface area contributed by atoms with Crippen molar-refractivity contribution in [3.63, 3.8) is 0 Å². The number of carbonyl (C=O) groups excluding carboxylic acids is 3. The highest BCUT2D eigenvalue weighted by Gasteiger charge is 2.42. The molecule has 34 heavy (non-hydrogen) atoms. The monoisotopic (exact) mass is 451 g/mol. The van der Waals surface area contributed by atoms with Crippen LogP contribution in [-0.2, 0) is 4.79 Å². The lowest BCUT2D eigenvalue weighted by molar-refractivity contribution is -0.136. The predicted octanol–water partition coefficient (Wildman–Crippen LogP) is 3.59. The van der Waals surface area contributed by atoms with E-state index in [4.69, 9.17) is 0 Å². The Morgan fingerprint density at radius 1 is 0.706 bits per heavy atom. The number of benzene rings is 3. The molecule has 1 saturated heterocycles. The molecule has 0 spiro atoms. The van der Waals surface area contributed by atoms with E-state index in [1.807, 2.05) is 0 Å². The maximum Gasteiger partial charge on any atom is 0.262 e. The topological polar surface area (TPSA) is 60.9 Å². The van der Waals surface area contributed by atoms with Gasteiger partial charge in [0.05, 0.1) is 17.2 Å². The number of piperazine rings is 1. The van der Waals surface area contributed by atoms with Gasteiger partial charge in [-0.3, -0.25) is 24.2 Å². The van der Waals surface area contributed by atoms with E-state index in [9.17, 15) is 14.4 Å². The van der Waals surface area contributed by atoms with Gasteiger partial charge in [-0.1, -0.05) is 60.7 Å². The lowest BCUT2D eigenvalue weighted by atomic mass is 10.0. The highest BCUT2D eigenvalue weighted by molar-refractivity contribution is 6.22. The molecule has 0 N–H and O–H groups in total. The first kappa shape index (κ1) is 20.8. The highest BCUT2D eigenvalue weighted by atomic mass is 16.2. The summed E-state index contributed by atoms with van der Waals surface area (Å²) in [7, 11) is 0. The van der Waals surface area contributed by atoms with Crippen LogP contribution in [0.1, 0.15) is 44.8 Å². The van der Waals surface area contributed by atoms with Crippen molar-refractivity contribution in [2.75, 3.05) is 26.2 Å². The summed E-state index contributed by atoms with van der Waals surface area (Å²) in [5.41, 5.74) is 5.92. The number of nitrogens with zero attached hydrogens (tertiary/aromatic N) is 3. The van der Waals surface area contributed by atoms with Crippen LogP contribution in [0.3, 0.4) is 0 Å². The lowest BCUT2D eigenvalue weighted by Crippen LogP contribution is -2.55. The van der Waals surface area contributed by atoms with Crippen LogP contribution in [0.4, 0.5) is 0 Å². The number of imide groups is 1. The van der Waals surface area contributed by atoms with E-state index in [-0.39, 0.29) is 23.8 Å². The summed E-state index contributed by atoms with van der Waals surface area (Å²) in [4.78, 5) is 44.3. The van der Waals surface area contributed by atoms with E-state index in [0.717, 1.165) is 18.0 Å². The maximum atomic E-state index is 13.3. The Labute approximate surface area is 198 Å². The van der Waals surface area contributed by atoms with Gasteiger partial charge in [-0.15, -0.1) is 0 Å². The Balaban J connectivity index is 1.18. The average molecular weight is 452 g/mol. The van der Waals surface area contributed by atoms with E-state index in [1.54, 1.807) is 36.1 Å². The van der Waals surface area contributed by atoms with Crippen LogP contribution in [0.15, 0.2) is 72.8 Å². The third-order valence-corrected chi connectivity index (χ3v) is 7.36. The molecule has 0 aromatic heterocycles. The molecule has 0 unspecified atom stereocenters. The smallest absolute Gasteiger partial charge is 0.262 e. The number of hydrogen-bond acceptors (Lipinski definition) is 4. The molecule has 1 aliphatic carbocycles. The molecule has 2 heterocycles. The molecule has 0 saturated carbocycles. The van der Waals surface area contributed by atoms with Gasteiger partial charge in [0.1, 0.15) is 6.04 Å². The molecular formula is C28H25N3O3. The van der Waals surface area contributed by atoms with Crippen molar-refractivity contribution in [1.82, 2.24) is 14.7 Å². The van der Waals surface area contributed by atoms with Crippen LogP contribution in [0.5, 0.6) is 0 Å². The Morgan fingerprint density at radius 3 is 1.65 bits per heavy atom. The van der Waals surface area contributed by atoms with Gasteiger partial charge in [0.2, 0.25) is 5.91 Å². The Hall–Kier alpha value is -3.77. The minimum absolute atomic E-state index is 0.179. The zero-order valence-electron chi connectivity index (χ0n) is 19.0. The minimum atomic E-state index is -0.827. The predicted molar refractivity (Wildman–Crippen MR) is 128 cm³/mol. The number of fused-ring (bicyclic) bond motifs is 4. The molecule has 0 radical (unpaired) electrons. The molecule has 6 heteroatoms. The fourth-order valence-electron chi connectivity index (χ4n) is 5.66. The van der Waals surface area contributed by atoms with E-state index in [0.29, 0.717) is 24.2 Å². The molecule has 2 aliphatic heterocycles. The molecule has 3 amide bonds. The second kappa shape index (κ2) is 7.92. The first-order chi connectivity index (χ1) is 16.6. The summed E-state index contributed by atoms with van der Waals surface area (Å²) in [5, 5.41) is 0. The van der Waals surface area contributed by atoms with E-state index >= 15 is 0 Å². The van der Waals surface area contributed by atoms with E-state index in [1.165, 1.54) is 22.3 Å². The summed E-state index contributed by atoms with van der Waals surface area (Å²) < 4.78 is 0. The molecule has 3 aromatic rings. The van der Waals surface area contributed by atoms with Gasteiger partial charge < -0.3 is 4.90 Å². The van der Waals surface area contributed by atoms with Crippen LogP contribution in [0.25, 0.3) is 11.1 Å². The Kier molecular flexibility index (Phi) is 4.85. The fraction of sp³-hybridized carbons (Fsp3) is 0.250. The second-order valence-corrected chi connectivity index (χ2v) is 9.14. The number of rotatable bonds is 3. The first-order valence-electron chi connectivity index (χ1n) is 11.7. The van der Waals surface area contributed by atoms with Crippen LogP contribution in [-0.4, -0.2) is 64.6 Å². The SMILES string of the molecule is C[C@H](C(=O)N1CCN(C2c3ccccc3-c3ccccc32)CC1)N1C(=O)c2ccccc2C1=O. The van der Waals surface area contributed by atoms with Crippen molar-refractivity contribution in [1.29, 1.82) is 0 Å². The van der Waals surface area contributed by atoms with E-state index in [2.05, 4.69) is 53.4 Å². The molecule has 6 nitrogen and oxygen atoms in total. The maximum absolute atomic E-state index is 13.3. The molecule has 3 aromatic carbocycles. The van der Waals surface area contributed by atoms with Gasteiger partial charge in [-0.2, -0.15) is 0 Å². The molecule has 0 bridgehead atoms. The molecular weight excluding hydrogens is 426 g/mol. The normalized spacial score (nSPS) is 18.6. The molecule has 3 aliphatic rings. The van der Waals surface area contributed by atoms with Gasteiger partial charge in [-0.25, -0.2) is 0 Å². The van der Waals surface area contributed by atoms with Crippen molar-refractivity contribution < 1.29 is 14.4 Å². The van der Waals surface area contributed by atoms with Crippen molar-refractivity contribution in [2.45, 2.75) is 19.0 Å². The van der Waals surface area contributed by atoms with Crippen molar-refractivity contribution in [3.05, 3.63) is 95.1 Å².